The van der Waals surface area contributed by atoms with Gasteiger partial charge in [-0.25, -0.2) is 8.42 Å². The normalized spacial score (nSPS) is 20.6. The zero-order valence-corrected chi connectivity index (χ0v) is 13.3. The third kappa shape index (κ3) is 3.45. The molecule has 1 saturated heterocycles. The lowest BCUT2D eigenvalue weighted by atomic mass is 10.0. The van der Waals surface area contributed by atoms with Crippen LogP contribution in [0.1, 0.15) is 36.8 Å². The van der Waals surface area contributed by atoms with E-state index in [9.17, 15) is 8.42 Å². The van der Waals surface area contributed by atoms with Gasteiger partial charge in [0.15, 0.2) is 0 Å². The van der Waals surface area contributed by atoms with Crippen molar-refractivity contribution in [1.29, 1.82) is 0 Å². The minimum Gasteiger partial charge on any atom is -0.396 e. The van der Waals surface area contributed by atoms with Crippen LogP contribution in [0.4, 0.5) is 0 Å². The average Bonchev–Trinajstić information content (AvgIpc) is 2.47. The van der Waals surface area contributed by atoms with Crippen LogP contribution >= 0.6 is 0 Å². The van der Waals surface area contributed by atoms with Crippen LogP contribution in [-0.4, -0.2) is 37.0 Å². The molecular weight excluding hydrogens is 288 g/mol. The first-order valence-electron chi connectivity index (χ1n) is 7.43. The number of aliphatic hydroxyl groups excluding tert-OH is 1. The zero-order chi connectivity index (χ0) is 15.5. The van der Waals surface area contributed by atoms with Crippen molar-refractivity contribution in [2.45, 2.75) is 50.1 Å². The van der Waals surface area contributed by atoms with E-state index in [1.807, 2.05) is 6.07 Å². The second-order valence-corrected chi connectivity index (χ2v) is 7.44. The average molecular weight is 312 g/mol. The molecule has 2 rings (SSSR count). The van der Waals surface area contributed by atoms with Crippen molar-refractivity contribution >= 4 is 10.0 Å². The third-order valence-corrected chi connectivity index (χ3v) is 6.21. The number of nitrogens with zero attached hydrogens (tertiary/aromatic N) is 1. The van der Waals surface area contributed by atoms with E-state index in [4.69, 9.17) is 10.8 Å². The zero-order valence-electron chi connectivity index (χ0n) is 12.5. The fraction of sp³-hybridized carbons (Fsp3) is 0.600. The number of rotatable bonds is 5. The van der Waals surface area contributed by atoms with E-state index in [0.717, 1.165) is 30.4 Å². The van der Waals surface area contributed by atoms with E-state index in [2.05, 4.69) is 0 Å². The third-order valence-electron chi connectivity index (χ3n) is 4.10. The fourth-order valence-corrected chi connectivity index (χ4v) is 4.91. The number of sulfonamides is 1. The molecule has 0 radical (unpaired) electrons. The Bertz CT molecular complexity index is 585. The predicted octanol–water partition coefficient (Wildman–Crippen LogP) is 1.38. The first-order chi connectivity index (χ1) is 10.0. The molecule has 21 heavy (non-hydrogen) atoms. The lowest BCUT2D eigenvalue weighted by Gasteiger charge is -2.34. The Morgan fingerprint density at radius 3 is 2.76 bits per heavy atom. The summed E-state index contributed by atoms with van der Waals surface area (Å²) in [5.41, 5.74) is 7.25. The molecule has 5 nitrogen and oxygen atoms in total. The maximum atomic E-state index is 12.9. The molecule has 1 aromatic rings. The minimum atomic E-state index is -3.51. The summed E-state index contributed by atoms with van der Waals surface area (Å²) in [4.78, 5) is 0.351. The van der Waals surface area contributed by atoms with Crippen LogP contribution in [0.3, 0.4) is 0 Å². The Labute approximate surface area is 126 Å². The second-order valence-electron chi connectivity index (χ2n) is 5.58. The number of nitrogens with two attached hydrogens (primary N) is 1. The molecule has 0 spiro atoms. The van der Waals surface area contributed by atoms with Gasteiger partial charge in [-0.3, -0.25) is 0 Å². The van der Waals surface area contributed by atoms with Crippen molar-refractivity contribution < 1.29 is 13.5 Å². The molecular formula is C15H24N2O3S. The van der Waals surface area contributed by atoms with Gasteiger partial charge in [0.25, 0.3) is 0 Å². The number of aryl methyl sites for hydroxylation is 1. The van der Waals surface area contributed by atoms with E-state index in [1.54, 1.807) is 23.4 Å². The summed E-state index contributed by atoms with van der Waals surface area (Å²) in [6.45, 7) is 2.75. The van der Waals surface area contributed by atoms with Gasteiger partial charge >= 0.3 is 0 Å². The van der Waals surface area contributed by atoms with Gasteiger partial charge in [0.1, 0.15) is 0 Å². The van der Waals surface area contributed by atoms with Crippen LogP contribution in [0.5, 0.6) is 0 Å². The van der Waals surface area contributed by atoms with Crippen LogP contribution in [0.15, 0.2) is 23.1 Å². The number of hydrogen-bond donors (Lipinski definition) is 2. The van der Waals surface area contributed by atoms with E-state index in [0.29, 0.717) is 24.4 Å². The van der Waals surface area contributed by atoms with Crippen molar-refractivity contribution in [2.24, 2.45) is 5.73 Å². The molecule has 3 N–H and O–H groups in total. The topological polar surface area (TPSA) is 83.6 Å². The Morgan fingerprint density at radius 2 is 2.14 bits per heavy atom. The maximum Gasteiger partial charge on any atom is 0.243 e. The number of aliphatic hydroxyl groups is 1. The van der Waals surface area contributed by atoms with Crippen LogP contribution < -0.4 is 5.73 Å². The lowest BCUT2D eigenvalue weighted by Crippen LogP contribution is -2.44. The molecule has 0 saturated carbocycles. The molecule has 0 amide bonds. The summed E-state index contributed by atoms with van der Waals surface area (Å²) in [6.07, 6.45) is 3.21. The summed E-state index contributed by atoms with van der Waals surface area (Å²) in [5, 5.41) is 9.16. The molecule has 1 aliphatic heterocycles. The number of piperidine rings is 1. The quantitative estimate of drug-likeness (QED) is 0.860. The largest absolute Gasteiger partial charge is 0.396 e. The Morgan fingerprint density at radius 1 is 1.38 bits per heavy atom. The lowest BCUT2D eigenvalue weighted by molar-refractivity contribution is 0.192. The molecule has 1 heterocycles. The highest BCUT2D eigenvalue weighted by atomic mass is 32.2. The van der Waals surface area contributed by atoms with Gasteiger partial charge in [0, 0.05) is 25.7 Å². The summed E-state index contributed by atoms with van der Waals surface area (Å²) in [5.74, 6) is 0. The number of benzene rings is 1. The Hall–Kier alpha value is -0.950. The van der Waals surface area contributed by atoms with E-state index in [1.165, 1.54) is 0 Å². The van der Waals surface area contributed by atoms with Crippen molar-refractivity contribution in [3.63, 3.8) is 0 Å². The molecule has 1 atom stereocenters. The Balaban J connectivity index is 2.35. The van der Waals surface area contributed by atoms with Crippen LogP contribution in [0.2, 0.25) is 0 Å². The van der Waals surface area contributed by atoms with E-state index >= 15 is 0 Å². The molecule has 118 valence electrons. The standard InChI is InChI=1S/C15H24N2O3S/c1-12-10-13(11-16)5-6-15(12)21(19,20)17-8-3-2-4-14(17)7-9-18/h5-6,10,14,18H,2-4,7-9,11,16H2,1H3. The Kier molecular flexibility index (Phi) is 5.37. The maximum absolute atomic E-state index is 12.9. The summed E-state index contributed by atoms with van der Waals surface area (Å²) < 4.78 is 27.4. The molecule has 1 fully saturated rings. The van der Waals surface area contributed by atoms with Gasteiger partial charge in [-0.15, -0.1) is 0 Å². The van der Waals surface area contributed by atoms with Crippen LogP contribution in [-0.2, 0) is 16.6 Å². The van der Waals surface area contributed by atoms with Crippen molar-refractivity contribution in [3.05, 3.63) is 29.3 Å². The molecule has 1 aliphatic rings. The van der Waals surface area contributed by atoms with Gasteiger partial charge < -0.3 is 10.8 Å². The fourth-order valence-electron chi connectivity index (χ4n) is 2.98. The minimum absolute atomic E-state index is 0.0157. The SMILES string of the molecule is Cc1cc(CN)ccc1S(=O)(=O)N1CCCCC1CCO. The highest BCUT2D eigenvalue weighted by molar-refractivity contribution is 7.89. The van der Waals surface area contributed by atoms with Gasteiger partial charge in [-0.2, -0.15) is 4.31 Å². The van der Waals surface area contributed by atoms with Crippen molar-refractivity contribution in [3.8, 4) is 0 Å². The highest BCUT2D eigenvalue weighted by Crippen LogP contribution is 2.28. The first-order valence-corrected chi connectivity index (χ1v) is 8.87. The monoisotopic (exact) mass is 312 g/mol. The summed E-state index contributed by atoms with van der Waals surface area (Å²) in [6, 6.07) is 5.16. The molecule has 1 aromatic carbocycles. The van der Waals surface area contributed by atoms with E-state index in [-0.39, 0.29) is 12.6 Å². The van der Waals surface area contributed by atoms with Crippen molar-refractivity contribution in [2.75, 3.05) is 13.2 Å². The first kappa shape index (κ1) is 16.4. The van der Waals surface area contributed by atoms with Crippen LogP contribution in [0.25, 0.3) is 0 Å². The highest BCUT2D eigenvalue weighted by Gasteiger charge is 2.33. The van der Waals surface area contributed by atoms with Gasteiger partial charge in [-0.05, 0) is 43.4 Å². The summed E-state index contributed by atoms with van der Waals surface area (Å²) >= 11 is 0. The molecule has 6 heteroatoms. The van der Waals surface area contributed by atoms with Gasteiger partial charge in [0.2, 0.25) is 10.0 Å². The smallest absolute Gasteiger partial charge is 0.243 e. The predicted molar refractivity (Wildman–Crippen MR) is 82.3 cm³/mol. The second kappa shape index (κ2) is 6.87. The van der Waals surface area contributed by atoms with Gasteiger partial charge in [-0.1, -0.05) is 18.6 Å². The number of hydrogen-bond acceptors (Lipinski definition) is 4. The van der Waals surface area contributed by atoms with Crippen LogP contribution in [0, 0.1) is 6.92 Å². The van der Waals surface area contributed by atoms with Gasteiger partial charge in [0.05, 0.1) is 4.90 Å². The molecule has 0 bridgehead atoms. The summed E-state index contributed by atoms with van der Waals surface area (Å²) in [7, 11) is -3.51. The van der Waals surface area contributed by atoms with Crippen molar-refractivity contribution in [1.82, 2.24) is 4.31 Å². The van der Waals surface area contributed by atoms with E-state index < -0.39 is 10.0 Å². The molecule has 1 unspecified atom stereocenters. The molecule has 0 aliphatic carbocycles. The molecule has 0 aromatic heterocycles.